The lowest BCUT2D eigenvalue weighted by molar-refractivity contribution is 0.0893. The molecule has 0 aliphatic heterocycles. The van der Waals surface area contributed by atoms with E-state index in [1.807, 2.05) is 38.1 Å². The van der Waals surface area contributed by atoms with Crippen molar-refractivity contribution in [3.05, 3.63) is 59.4 Å². The van der Waals surface area contributed by atoms with Crippen molar-refractivity contribution in [3.8, 4) is 11.1 Å². The van der Waals surface area contributed by atoms with E-state index in [2.05, 4.69) is 5.32 Å². The zero-order valence-electron chi connectivity index (χ0n) is 14.5. The summed E-state index contributed by atoms with van der Waals surface area (Å²) < 4.78 is 14.5. The number of hydrogen-bond acceptors (Lipinski definition) is 2. The van der Waals surface area contributed by atoms with Crippen LogP contribution in [0, 0.1) is 18.7 Å². The Morgan fingerprint density at radius 3 is 2.32 bits per heavy atom. The molecule has 3 rings (SSSR count). The monoisotopic (exact) mass is 362 g/mol. The van der Waals surface area contributed by atoms with Gasteiger partial charge in [-0.05, 0) is 55.9 Å². The van der Waals surface area contributed by atoms with Crippen LogP contribution in [0.5, 0.6) is 0 Å². The summed E-state index contributed by atoms with van der Waals surface area (Å²) in [6.07, 6.45) is 2.12. The third kappa shape index (κ3) is 4.20. The largest absolute Gasteiger partial charge is 0.345 e. The van der Waals surface area contributed by atoms with Crippen LogP contribution in [0.25, 0.3) is 11.1 Å². The van der Waals surface area contributed by atoms with Crippen LogP contribution in [0.1, 0.15) is 35.7 Å². The average molecular weight is 363 g/mol. The molecule has 5 heteroatoms. The summed E-state index contributed by atoms with van der Waals surface area (Å²) in [5.74, 6) is -0.523. The van der Waals surface area contributed by atoms with Gasteiger partial charge in [0.15, 0.2) is 0 Å². The van der Waals surface area contributed by atoms with E-state index in [-0.39, 0.29) is 18.0 Å². The highest BCUT2D eigenvalue weighted by Gasteiger charge is 2.41. The maximum atomic E-state index is 14.5. The van der Waals surface area contributed by atoms with Crippen LogP contribution < -0.4 is 11.1 Å². The van der Waals surface area contributed by atoms with Crippen molar-refractivity contribution in [2.45, 2.75) is 32.2 Å². The molecule has 1 atom stereocenters. The highest BCUT2D eigenvalue weighted by Crippen LogP contribution is 2.39. The highest BCUT2D eigenvalue weighted by molar-refractivity contribution is 5.95. The lowest BCUT2D eigenvalue weighted by atomic mass is 9.95. The molecule has 1 aliphatic rings. The third-order valence-corrected chi connectivity index (χ3v) is 4.90. The average Bonchev–Trinajstić information content (AvgIpc) is 3.40. The van der Waals surface area contributed by atoms with Crippen LogP contribution in [0.2, 0.25) is 0 Å². The summed E-state index contributed by atoms with van der Waals surface area (Å²) in [6.45, 7) is 4.29. The molecule has 0 radical (unpaired) electrons. The minimum Gasteiger partial charge on any atom is -0.345 e. The van der Waals surface area contributed by atoms with Gasteiger partial charge in [-0.3, -0.25) is 4.79 Å². The molecule has 2 aromatic rings. The Morgan fingerprint density at radius 2 is 1.80 bits per heavy atom. The molecule has 0 heterocycles. The fourth-order valence-corrected chi connectivity index (χ4v) is 2.99. The second-order valence-electron chi connectivity index (χ2n) is 6.91. The van der Waals surface area contributed by atoms with Gasteiger partial charge in [-0.25, -0.2) is 4.39 Å². The minimum atomic E-state index is -0.513. The van der Waals surface area contributed by atoms with Crippen LogP contribution in [0.3, 0.4) is 0 Å². The van der Waals surface area contributed by atoms with Gasteiger partial charge >= 0.3 is 0 Å². The van der Waals surface area contributed by atoms with Crippen molar-refractivity contribution in [2.75, 3.05) is 6.54 Å². The quantitative estimate of drug-likeness (QED) is 0.842. The number of aryl methyl sites for hydroxylation is 1. The standard InChI is InChI=1S/C20H23FN2O.ClH/c1-13-3-5-14(6-4-13)15-7-10-17(18(21)11-15)19(24)23-20(2,12-22)16-8-9-16;/h3-7,10-11,16H,8-9,12,22H2,1-2H3,(H,23,24);1H. The molecule has 1 saturated carbocycles. The van der Waals surface area contributed by atoms with Gasteiger partial charge in [0, 0.05) is 6.54 Å². The fraction of sp³-hybridized carbons (Fsp3) is 0.350. The van der Waals surface area contributed by atoms with Gasteiger partial charge in [0.1, 0.15) is 5.82 Å². The second-order valence-corrected chi connectivity index (χ2v) is 6.91. The van der Waals surface area contributed by atoms with Crippen LogP contribution in [-0.4, -0.2) is 18.0 Å². The van der Waals surface area contributed by atoms with E-state index in [9.17, 15) is 9.18 Å². The van der Waals surface area contributed by atoms with E-state index in [0.717, 1.165) is 29.5 Å². The molecule has 1 unspecified atom stereocenters. The molecule has 0 spiro atoms. The molecule has 25 heavy (non-hydrogen) atoms. The number of nitrogens with one attached hydrogen (secondary N) is 1. The molecule has 0 bridgehead atoms. The van der Waals surface area contributed by atoms with Crippen molar-refractivity contribution < 1.29 is 9.18 Å². The summed E-state index contributed by atoms with van der Waals surface area (Å²) in [5.41, 5.74) is 8.25. The van der Waals surface area contributed by atoms with Crippen molar-refractivity contribution in [1.29, 1.82) is 0 Å². The number of hydrogen-bond donors (Lipinski definition) is 2. The molecule has 3 N–H and O–H groups in total. The van der Waals surface area contributed by atoms with Crippen molar-refractivity contribution in [1.82, 2.24) is 5.32 Å². The minimum absolute atomic E-state index is 0. The Bertz CT molecular complexity index is 759. The molecule has 1 amide bonds. The third-order valence-electron chi connectivity index (χ3n) is 4.90. The van der Waals surface area contributed by atoms with E-state index in [4.69, 9.17) is 5.73 Å². The van der Waals surface area contributed by atoms with Gasteiger partial charge in [0.2, 0.25) is 0 Å². The first-order valence-corrected chi connectivity index (χ1v) is 8.32. The van der Waals surface area contributed by atoms with Gasteiger partial charge in [-0.15, -0.1) is 12.4 Å². The number of benzene rings is 2. The number of halogens is 2. The number of carbonyl (C=O) groups is 1. The highest BCUT2D eigenvalue weighted by atomic mass is 35.5. The van der Waals surface area contributed by atoms with E-state index < -0.39 is 17.3 Å². The van der Waals surface area contributed by atoms with Crippen molar-refractivity contribution in [2.24, 2.45) is 11.7 Å². The van der Waals surface area contributed by atoms with E-state index in [1.165, 1.54) is 6.07 Å². The normalized spacial score (nSPS) is 15.8. The van der Waals surface area contributed by atoms with Gasteiger partial charge < -0.3 is 11.1 Å². The second kappa shape index (κ2) is 7.54. The summed E-state index contributed by atoms with van der Waals surface area (Å²) >= 11 is 0. The zero-order chi connectivity index (χ0) is 17.3. The SMILES string of the molecule is Cc1ccc(-c2ccc(C(=O)NC(C)(CN)C3CC3)c(F)c2)cc1.Cl. The first kappa shape index (κ1) is 19.4. The number of nitrogens with two attached hydrogens (primary N) is 1. The van der Waals surface area contributed by atoms with Crippen LogP contribution >= 0.6 is 12.4 Å². The topological polar surface area (TPSA) is 55.1 Å². The maximum absolute atomic E-state index is 14.5. The smallest absolute Gasteiger partial charge is 0.254 e. The first-order chi connectivity index (χ1) is 11.4. The van der Waals surface area contributed by atoms with Gasteiger partial charge in [0.25, 0.3) is 5.91 Å². The Labute approximate surface area is 154 Å². The predicted molar refractivity (Wildman–Crippen MR) is 101 cm³/mol. The van der Waals surface area contributed by atoms with Crippen molar-refractivity contribution in [3.63, 3.8) is 0 Å². The van der Waals surface area contributed by atoms with Gasteiger partial charge in [-0.1, -0.05) is 35.9 Å². The molecule has 3 nitrogen and oxygen atoms in total. The molecule has 1 fully saturated rings. The Kier molecular flexibility index (Phi) is 5.86. The van der Waals surface area contributed by atoms with E-state index in [1.54, 1.807) is 12.1 Å². The zero-order valence-corrected chi connectivity index (χ0v) is 15.3. The lowest BCUT2D eigenvalue weighted by Crippen LogP contribution is -2.53. The molecular weight excluding hydrogens is 339 g/mol. The molecule has 0 saturated heterocycles. The summed E-state index contributed by atoms with van der Waals surface area (Å²) in [7, 11) is 0. The fourth-order valence-electron chi connectivity index (χ4n) is 2.99. The lowest BCUT2D eigenvalue weighted by Gasteiger charge is -2.29. The Hall–Kier alpha value is -1.91. The number of rotatable bonds is 5. The summed E-state index contributed by atoms with van der Waals surface area (Å²) in [6, 6.07) is 12.6. The molecule has 1 aliphatic carbocycles. The van der Waals surface area contributed by atoms with Gasteiger partial charge in [-0.2, -0.15) is 0 Å². The van der Waals surface area contributed by atoms with E-state index >= 15 is 0 Å². The molecule has 2 aromatic carbocycles. The summed E-state index contributed by atoms with van der Waals surface area (Å²) in [4.78, 5) is 12.5. The van der Waals surface area contributed by atoms with Gasteiger partial charge in [0.05, 0.1) is 11.1 Å². The van der Waals surface area contributed by atoms with Crippen molar-refractivity contribution >= 4 is 18.3 Å². The van der Waals surface area contributed by atoms with Crippen LogP contribution in [0.15, 0.2) is 42.5 Å². The Morgan fingerprint density at radius 1 is 1.20 bits per heavy atom. The van der Waals surface area contributed by atoms with Crippen LogP contribution in [0.4, 0.5) is 4.39 Å². The number of amides is 1. The molecular formula is C20H24ClFN2O. The van der Waals surface area contributed by atoms with E-state index in [0.29, 0.717) is 12.5 Å². The number of carbonyl (C=O) groups excluding carboxylic acids is 1. The molecule has 134 valence electrons. The summed E-state index contributed by atoms with van der Waals surface area (Å²) in [5, 5.41) is 2.92. The predicted octanol–water partition coefficient (Wildman–Crippen LogP) is 4.08. The van der Waals surface area contributed by atoms with Crippen LogP contribution in [-0.2, 0) is 0 Å². The molecule has 0 aromatic heterocycles. The Balaban J connectivity index is 0.00000225. The first-order valence-electron chi connectivity index (χ1n) is 8.32. The maximum Gasteiger partial charge on any atom is 0.254 e.